The minimum atomic E-state index is -4.22. The largest absolute Gasteiger partial charge is 0.497 e. The zero-order valence-corrected chi connectivity index (χ0v) is 29.7. The lowest BCUT2D eigenvalue weighted by Gasteiger charge is -2.24. The highest BCUT2D eigenvalue weighted by Gasteiger charge is 2.37. The van der Waals surface area contributed by atoms with Crippen LogP contribution in [0.15, 0.2) is 84.9 Å². The molecule has 0 saturated carbocycles. The van der Waals surface area contributed by atoms with Crippen LogP contribution in [0.2, 0.25) is 0 Å². The summed E-state index contributed by atoms with van der Waals surface area (Å²) in [6.45, 7) is 0. The Morgan fingerprint density at radius 3 is 1.04 bits per heavy atom. The van der Waals surface area contributed by atoms with Crippen LogP contribution in [0.5, 0.6) is 46.0 Å². The third-order valence-corrected chi connectivity index (χ3v) is 10.2. The van der Waals surface area contributed by atoms with Gasteiger partial charge in [0.1, 0.15) is 56.5 Å². The quantitative estimate of drug-likeness (QED) is 0.118. The van der Waals surface area contributed by atoms with Crippen LogP contribution in [0.4, 0.5) is 0 Å². The van der Waals surface area contributed by atoms with E-state index in [-0.39, 0.29) is 0 Å². The number of hydrogen-bond donors (Lipinski definition) is 0. The van der Waals surface area contributed by atoms with Crippen molar-refractivity contribution in [1.82, 2.24) is 0 Å². The Hall–Kier alpha value is -5.29. The average molecular weight is 691 g/mol. The van der Waals surface area contributed by atoms with Crippen molar-refractivity contribution in [3.8, 4) is 46.0 Å². The number of rotatable bonds is 16. The first-order chi connectivity index (χ1) is 23.7. The monoisotopic (exact) mass is 690 g/mol. The first-order valence-corrected chi connectivity index (χ1v) is 16.8. The van der Waals surface area contributed by atoms with Gasteiger partial charge in [-0.2, -0.15) is 0 Å². The maximum atomic E-state index is 15.3. The molecule has 4 aromatic carbocycles. The fraction of sp³-hybridized carbons (Fsp3) is 0.263. The predicted molar refractivity (Wildman–Crippen MR) is 191 cm³/mol. The van der Waals surface area contributed by atoms with Crippen molar-refractivity contribution in [2.24, 2.45) is 0 Å². The molecule has 0 aromatic heterocycles. The molecule has 0 spiro atoms. The van der Waals surface area contributed by atoms with Gasteiger partial charge in [-0.25, -0.2) is 8.42 Å². The molecular formula is C38H42O10S. The summed E-state index contributed by atoms with van der Waals surface area (Å²) in [7, 11) is 8.00. The van der Waals surface area contributed by atoms with Gasteiger partial charge in [-0.05, 0) is 36.4 Å². The topological polar surface area (TPSA) is 108 Å². The van der Waals surface area contributed by atoms with Crippen LogP contribution in [0.1, 0.15) is 32.8 Å². The number of benzene rings is 4. The second-order valence-electron chi connectivity index (χ2n) is 10.6. The molecule has 0 aliphatic carbocycles. The Labute approximate surface area is 288 Å². The molecule has 0 radical (unpaired) electrons. The lowest BCUT2D eigenvalue weighted by Crippen LogP contribution is -2.20. The summed E-state index contributed by atoms with van der Waals surface area (Å²) in [6, 6.07) is 20.7. The Morgan fingerprint density at radius 2 is 0.735 bits per heavy atom. The molecule has 0 amide bonds. The van der Waals surface area contributed by atoms with Crippen molar-refractivity contribution in [2.45, 2.75) is 10.5 Å². The summed E-state index contributed by atoms with van der Waals surface area (Å²) >= 11 is 0. The van der Waals surface area contributed by atoms with Crippen LogP contribution in [0, 0.1) is 0 Å². The second kappa shape index (κ2) is 16.7. The third-order valence-electron chi connectivity index (χ3n) is 7.98. The van der Waals surface area contributed by atoms with Gasteiger partial charge in [0.25, 0.3) is 0 Å². The Bertz CT molecular complexity index is 1770. The van der Waals surface area contributed by atoms with Crippen molar-refractivity contribution < 1.29 is 46.3 Å². The van der Waals surface area contributed by atoms with Gasteiger partial charge < -0.3 is 37.9 Å². The van der Waals surface area contributed by atoms with Crippen molar-refractivity contribution in [3.63, 3.8) is 0 Å². The Balaban J connectivity index is 1.99. The molecule has 4 rings (SSSR count). The zero-order chi connectivity index (χ0) is 35.6. The molecule has 0 bridgehead atoms. The van der Waals surface area contributed by atoms with Crippen LogP contribution in [0.3, 0.4) is 0 Å². The van der Waals surface area contributed by atoms with E-state index in [2.05, 4.69) is 0 Å². The van der Waals surface area contributed by atoms with Crippen LogP contribution in [-0.2, 0) is 9.84 Å². The van der Waals surface area contributed by atoms with Gasteiger partial charge in [0.2, 0.25) is 0 Å². The predicted octanol–water partition coefficient (Wildman–Crippen LogP) is 7.38. The highest BCUT2D eigenvalue weighted by atomic mass is 32.2. The minimum absolute atomic E-state index is 0.334. The lowest BCUT2D eigenvalue weighted by atomic mass is 10.1. The summed E-state index contributed by atoms with van der Waals surface area (Å²) in [5.41, 5.74) is 2.10. The lowest BCUT2D eigenvalue weighted by molar-refractivity contribution is 0.390. The van der Waals surface area contributed by atoms with E-state index in [1.807, 2.05) is 0 Å². The molecule has 2 unspecified atom stereocenters. The summed E-state index contributed by atoms with van der Waals surface area (Å²) < 4.78 is 74.7. The van der Waals surface area contributed by atoms with E-state index in [9.17, 15) is 0 Å². The van der Waals surface area contributed by atoms with Crippen molar-refractivity contribution in [3.05, 3.63) is 107 Å². The fourth-order valence-electron chi connectivity index (χ4n) is 5.34. The highest BCUT2D eigenvalue weighted by Crippen LogP contribution is 2.45. The van der Waals surface area contributed by atoms with Gasteiger partial charge >= 0.3 is 0 Å². The standard InChI is InChI=1S/C38H42O10S/c1-41-27-13-9-25(33(21-27)45-5)11-19-37(31-17-15-29(43-3)23-35(31)47-7)49(39,40)38(32-18-16-30(44-4)24-36(32)48-8)20-12-26-10-14-28(42-2)22-34(26)46-6/h9-24,37-38H,1-8H3. The second-order valence-corrected chi connectivity index (χ2v) is 12.8. The summed E-state index contributed by atoms with van der Waals surface area (Å²) in [5.74, 6) is 3.90. The van der Waals surface area contributed by atoms with E-state index in [1.165, 1.54) is 42.7 Å². The highest BCUT2D eigenvalue weighted by molar-refractivity contribution is 7.92. The fourth-order valence-corrected chi connectivity index (χ4v) is 7.35. The Kier molecular flexibility index (Phi) is 12.5. The molecular weight excluding hydrogens is 648 g/mol. The molecule has 10 nitrogen and oxygen atoms in total. The van der Waals surface area contributed by atoms with E-state index in [0.29, 0.717) is 68.2 Å². The smallest absolute Gasteiger partial charge is 0.171 e. The van der Waals surface area contributed by atoms with Crippen LogP contribution < -0.4 is 37.9 Å². The third kappa shape index (κ3) is 8.24. The average Bonchev–Trinajstić information content (AvgIpc) is 3.14. The maximum Gasteiger partial charge on any atom is 0.171 e. The maximum absolute atomic E-state index is 15.3. The van der Waals surface area contributed by atoms with Gasteiger partial charge in [-0.15, -0.1) is 0 Å². The molecule has 0 N–H and O–H groups in total. The summed E-state index contributed by atoms with van der Waals surface area (Å²) in [5, 5.41) is -2.45. The van der Waals surface area contributed by atoms with Gasteiger partial charge in [0, 0.05) is 46.5 Å². The number of hydrogen-bond acceptors (Lipinski definition) is 10. The van der Waals surface area contributed by atoms with E-state index in [1.54, 1.807) is 111 Å². The van der Waals surface area contributed by atoms with Gasteiger partial charge in [0.15, 0.2) is 9.84 Å². The van der Waals surface area contributed by atoms with E-state index in [4.69, 9.17) is 37.9 Å². The molecule has 0 fully saturated rings. The van der Waals surface area contributed by atoms with Crippen LogP contribution in [0.25, 0.3) is 12.2 Å². The van der Waals surface area contributed by atoms with Crippen LogP contribution in [-0.4, -0.2) is 65.3 Å². The number of ether oxygens (including phenoxy) is 8. The van der Waals surface area contributed by atoms with Crippen LogP contribution >= 0.6 is 0 Å². The Morgan fingerprint density at radius 1 is 0.429 bits per heavy atom. The number of methoxy groups -OCH3 is 8. The minimum Gasteiger partial charge on any atom is -0.497 e. The van der Waals surface area contributed by atoms with Crippen molar-refractivity contribution >= 4 is 22.0 Å². The van der Waals surface area contributed by atoms with Gasteiger partial charge in [-0.3, -0.25) is 0 Å². The van der Waals surface area contributed by atoms with E-state index >= 15 is 8.42 Å². The summed E-state index contributed by atoms with van der Waals surface area (Å²) in [4.78, 5) is 0. The molecule has 4 aromatic rings. The SMILES string of the molecule is COc1ccc(C=CC(c2ccc(OC)cc2OC)S(=O)(=O)C(C=Cc2ccc(OC)cc2OC)c2ccc(OC)cc2OC)c(OC)c1. The number of sulfone groups is 1. The molecule has 2 atom stereocenters. The first kappa shape index (κ1) is 36.5. The molecule has 0 aliphatic heterocycles. The van der Waals surface area contributed by atoms with E-state index in [0.717, 1.165) is 0 Å². The molecule has 49 heavy (non-hydrogen) atoms. The van der Waals surface area contributed by atoms with Gasteiger partial charge in [0.05, 0.1) is 56.9 Å². The van der Waals surface area contributed by atoms with Crippen molar-refractivity contribution in [2.75, 3.05) is 56.9 Å². The zero-order valence-electron chi connectivity index (χ0n) is 28.9. The molecule has 11 heteroatoms. The van der Waals surface area contributed by atoms with Gasteiger partial charge in [-0.1, -0.05) is 36.4 Å². The molecule has 260 valence electrons. The van der Waals surface area contributed by atoms with Crippen molar-refractivity contribution in [1.29, 1.82) is 0 Å². The molecule has 0 heterocycles. The molecule has 0 aliphatic rings. The summed E-state index contributed by atoms with van der Waals surface area (Å²) in [6.07, 6.45) is 6.66. The van der Waals surface area contributed by atoms with E-state index < -0.39 is 20.3 Å². The molecule has 0 saturated heterocycles. The normalized spacial score (nSPS) is 12.7. The first-order valence-electron chi connectivity index (χ1n) is 15.1.